The second-order valence-corrected chi connectivity index (χ2v) is 8.15. The largest absolute Gasteiger partial charge is 0.350 e. The number of amides is 1. The normalized spacial score (nSPS) is 11.3. The molecular formula is C19H17Cl2N5OS. The number of halogens is 2. The molecule has 0 saturated heterocycles. The third kappa shape index (κ3) is 3.65. The van der Waals surface area contributed by atoms with Gasteiger partial charge in [0.05, 0.1) is 35.1 Å². The number of thiazole rings is 1. The van der Waals surface area contributed by atoms with Crippen LogP contribution in [0.3, 0.4) is 0 Å². The summed E-state index contributed by atoms with van der Waals surface area (Å²) in [5.74, 6) is -0.0793. The second kappa shape index (κ2) is 7.58. The van der Waals surface area contributed by atoms with E-state index in [1.807, 2.05) is 42.1 Å². The van der Waals surface area contributed by atoms with E-state index in [1.165, 1.54) is 0 Å². The van der Waals surface area contributed by atoms with Gasteiger partial charge in [0.25, 0.3) is 0 Å². The average Bonchev–Trinajstić information content (AvgIpc) is 3.30. The van der Waals surface area contributed by atoms with Gasteiger partial charge >= 0.3 is 0 Å². The summed E-state index contributed by atoms with van der Waals surface area (Å²) in [6, 6.07) is 5.26. The fourth-order valence-corrected chi connectivity index (χ4v) is 4.30. The van der Waals surface area contributed by atoms with Gasteiger partial charge in [0.1, 0.15) is 0 Å². The summed E-state index contributed by atoms with van der Waals surface area (Å²) < 4.78 is 3.69. The van der Waals surface area contributed by atoms with Gasteiger partial charge in [-0.05, 0) is 32.0 Å². The van der Waals surface area contributed by atoms with E-state index in [0.717, 1.165) is 33.3 Å². The predicted octanol–water partition coefficient (Wildman–Crippen LogP) is 4.36. The van der Waals surface area contributed by atoms with Crippen molar-refractivity contribution in [2.45, 2.75) is 26.8 Å². The molecule has 0 fully saturated rings. The van der Waals surface area contributed by atoms with Crippen molar-refractivity contribution in [1.29, 1.82) is 0 Å². The molecule has 4 rings (SSSR count). The Hall–Kier alpha value is -2.35. The van der Waals surface area contributed by atoms with Gasteiger partial charge in [0, 0.05) is 34.1 Å². The van der Waals surface area contributed by atoms with Crippen LogP contribution in [0.25, 0.3) is 10.6 Å². The van der Waals surface area contributed by atoms with Crippen LogP contribution in [0.15, 0.2) is 36.0 Å². The number of nitrogens with one attached hydrogen (secondary N) is 1. The van der Waals surface area contributed by atoms with Gasteiger partial charge in [-0.15, -0.1) is 11.3 Å². The van der Waals surface area contributed by atoms with Crippen LogP contribution >= 0.6 is 34.5 Å². The summed E-state index contributed by atoms with van der Waals surface area (Å²) in [5, 5.41) is 10.5. The summed E-state index contributed by atoms with van der Waals surface area (Å²) in [6.07, 6.45) is 4.11. The third-order valence-corrected chi connectivity index (χ3v) is 5.83. The lowest BCUT2D eigenvalue weighted by atomic mass is 10.1. The van der Waals surface area contributed by atoms with Gasteiger partial charge in [0.15, 0.2) is 4.96 Å². The van der Waals surface area contributed by atoms with Gasteiger partial charge in [0.2, 0.25) is 5.91 Å². The van der Waals surface area contributed by atoms with Crippen LogP contribution in [0.1, 0.15) is 22.6 Å². The Bertz CT molecular complexity index is 1150. The Morgan fingerprint density at radius 2 is 2.11 bits per heavy atom. The molecule has 144 valence electrons. The minimum absolute atomic E-state index is 0.0793. The number of fused-ring (bicyclic) bond motifs is 1. The highest BCUT2D eigenvalue weighted by molar-refractivity contribution is 7.15. The Kier molecular flexibility index (Phi) is 5.14. The van der Waals surface area contributed by atoms with E-state index in [9.17, 15) is 4.79 Å². The molecule has 3 aromatic heterocycles. The van der Waals surface area contributed by atoms with Crippen molar-refractivity contribution >= 4 is 45.4 Å². The minimum Gasteiger partial charge on any atom is -0.350 e. The number of hydrogen-bond donors (Lipinski definition) is 1. The number of carbonyl (C=O) groups is 1. The van der Waals surface area contributed by atoms with E-state index < -0.39 is 0 Å². The smallest absolute Gasteiger partial charge is 0.224 e. The summed E-state index contributed by atoms with van der Waals surface area (Å²) in [4.78, 5) is 17.9. The average molecular weight is 434 g/mol. The zero-order valence-electron chi connectivity index (χ0n) is 15.2. The first-order valence-electron chi connectivity index (χ1n) is 8.60. The molecule has 0 unspecified atom stereocenters. The molecule has 0 spiro atoms. The van der Waals surface area contributed by atoms with Crippen LogP contribution in [0.5, 0.6) is 0 Å². The van der Waals surface area contributed by atoms with E-state index in [2.05, 4.69) is 15.4 Å². The zero-order chi connectivity index (χ0) is 19.8. The number of hydrogen-bond acceptors (Lipinski definition) is 4. The molecule has 0 aliphatic carbocycles. The van der Waals surface area contributed by atoms with Crippen molar-refractivity contribution in [1.82, 2.24) is 24.5 Å². The number of benzene rings is 1. The van der Waals surface area contributed by atoms with E-state index in [0.29, 0.717) is 16.6 Å². The quantitative estimate of drug-likeness (QED) is 0.508. The molecule has 28 heavy (non-hydrogen) atoms. The molecule has 0 bridgehead atoms. The third-order valence-electron chi connectivity index (χ3n) is 4.53. The molecule has 4 aromatic rings. The lowest BCUT2D eigenvalue weighted by molar-refractivity contribution is -0.120. The van der Waals surface area contributed by atoms with Gasteiger partial charge in [-0.25, -0.2) is 9.67 Å². The predicted molar refractivity (Wildman–Crippen MR) is 112 cm³/mol. The van der Waals surface area contributed by atoms with Crippen molar-refractivity contribution in [2.24, 2.45) is 0 Å². The van der Waals surface area contributed by atoms with Crippen molar-refractivity contribution < 1.29 is 4.79 Å². The van der Waals surface area contributed by atoms with Crippen molar-refractivity contribution in [3.63, 3.8) is 0 Å². The maximum atomic E-state index is 12.5. The molecule has 0 radical (unpaired) electrons. The number of carbonyl (C=O) groups excluding carboxylic acids is 1. The number of aromatic nitrogens is 4. The molecule has 1 N–H and O–H groups in total. The molecule has 0 aliphatic heterocycles. The van der Waals surface area contributed by atoms with Crippen LogP contribution in [0.2, 0.25) is 10.0 Å². The van der Waals surface area contributed by atoms with E-state index >= 15 is 0 Å². The molecule has 1 aromatic carbocycles. The van der Waals surface area contributed by atoms with Crippen molar-refractivity contribution in [2.75, 3.05) is 0 Å². The second-order valence-electron chi connectivity index (χ2n) is 6.44. The SMILES string of the molecule is Cc1nn(-c2ccc(Cl)cc2Cl)c(C)c1CC(=O)NCc1cn2ccsc2n1. The monoisotopic (exact) mass is 433 g/mol. The summed E-state index contributed by atoms with van der Waals surface area (Å²) in [6.45, 7) is 4.21. The Morgan fingerprint density at radius 1 is 1.29 bits per heavy atom. The van der Waals surface area contributed by atoms with Crippen LogP contribution < -0.4 is 5.32 Å². The Balaban J connectivity index is 1.49. The molecule has 0 saturated carbocycles. The molecule has 6 nitrogen and oxygen atoms in total. The first-order valence-corrected chi connectivity index (χ1v) is 10.2. The lowest BCUT2D eigenvalue weighted by Crippen LogP contribution is -2.25. The fourth-order valence-electron chi connectivity index (χ4n) is 3.09. The molecule has 3 heterocycles. The van der Waals surface area contributed by atoms with Crippen LogP contribution in [0.4, 0.5) is 0 Å². The molecule has 1 amide bonds. The maximum Gasteiger partial charge on any atom is 0.224 e. The number of imidazole rings is 1. The van der Waals surface area contributed by atoms with Crippen LogP contribution in [-0.2, 0) is 17.8 Å². The van der Waals surface area contributed by atoms with Crippen LogP contribution in [-0.4, -0.2) is 25.1 Å². The number of rotatable bonds is 5. The van der Waals surface area contributed by atoms with Gasteiger partial charge in [-0.1, -0.05) is 23.2 Å². The van der Waals surface area contributed by atoms with Crippen molar-refractivity contribution in [3.8, 4) is 5.69 Å². The standard InChI is InChI=1S/C19H17Cl2N5OS/c1-11-15(12(2)26(24-11)17-4-3-13(20)7-16(17)21)8-18(27)22-9-14-10-25-5-6-28-19(25)23-14/h3-7,10H,8-9H2,1-2H3,(H,22,27). The number of nitrogens with zero attached hydrogens (tertiary/aromatic N) is 4. The summed E-state index contributed by atoms with van der Waals surface area (Å²) in [7, 11) is 0. The van der Waals surface area contributed by atoms with Gasteiger partial charge in [-0.2, -0.15) is 5.10 Å². The van der Waals surface area contributed by atoms with E-state index in [-0.39, 0.29) is 12.3 Å². The van der Waals surface area contributed by atoms with Crippen LogP contribution in [0, 0.1) is 13.8 Å². The highest BCUT2D eigenvalue weighted by Crippen LogP contribution is 2.27. The minimum atomic E-state index is -0.0793. The number of aryl methyl sites for hydroxylation is 1. The molecule has 0 atom stereocenters. The maximum absolute atomic E-state index is 12.5. The summed E-state index contributed by atoms with van der Waals surface area (Å²) >= 11 is 13.9. The van der Waals surface area contributed by atoms with E-state index in [1.54, 1.807) is 28.2 Å². The highest BCUT2D eigenvalue weighted by atomic mass is 35.5. The van der Waals surface area contributed by atoms with Gasteiger partial charge in [-0.3, -0.25) is 9.20 Å². The Labute approximate surface area is 175 Å². The zero-order valence-corrected chi connectivity index (χ0v) is 17.6. The lowest BCUT2D eigenvalue weighted by Gasteiger charge is -2.08. The molecule has 0 aliphatic rings. The first kappa shape index (κ1) is 19.0. The highest BCUT2D eigenvalue weighted by Gasteiger charge is 2.17. The molecule has 9 heteroatoms. The summed E-state index contributed by atoms with van der Waals surface area (Å²) in [5.41, 5.74) is 4.11. The van der Waals surface area contributed by atoms with Gasteiger partial charge < -0.3 is 5.32 Å². The Morgan fingerprint density at radius 3 is 2.86 bits per heavy atom. The first-order chi connectivity index (χ1) is 13.4. The van der Waals surface area contributed by atoms with E-state index in [4.69, 9.17) is 23.2 Å². The topological polar surface area (TPSA) is 64.2 Å². The van der Waals surface area contributed by atoms with Crippen molar-refractivity contribution in [3.05, 3.63) is 68.7 Å². The fraction of sp³-hybridized carbons (Fsp3) is 0.211. The molecular weight excluding hydrogens is 417 g/mol.